The summed E-state index contributed by atoms with van der Waals surface area (Å²) in [6, 6.07) is 4.92. The van der Waals surface area contributed by atoms with Crippen LogP contribution in [-0.4, -0.2) is 17.2 Å². The molecule has 0 spiro atoms. The van der Waals surface area contributed by atoms with Gasteiger partial charge in [0.15, 0.2) is 5.03 Å². The summed E-state index contributed by atoms with van der Waals surface area (Å²) in [5.74, 6) is -0.450. The van der Waals surface area contributed by atoms with Crippen molar-refractivity contribution < 1.29 is 5.03 Å². The van der Waals surface area contributed by atoms with Gasteiger partial charge in [-0.15, -0.1) is 5.10 Å². The normalized spacial score (nSPS) is 11.8. The molecule has 1 aromatic rings. The Hall–Kier alpha value is -1.86. The van der Waals surface area contributed by atoms with Crippen LogP contribution in [0, 0.1) is 10.1 Å². The van der Waals surface area contributed by atoms with Crippen molar-refractivity contribution in [3.63, 3.8) is 0 Å². The highest BCUT2D eigenvalue weighted by Gasteiger charge is 2.02. The average molecular weight is 276 g/mol. The van der Waals surface area contributed by atoms with Crippen LogP contribution >= 0.6 is 23.2 Å². The van der Waals surface area contributed by atoms with Gasteiger partial charge >= 0.3 is 0 Å². The molecule has 0 bridgehead atoms. The van der Waals surface area contributed by atoms with Crippen molar-refractivity contribution in [2.45, 2.75) is 0 Å². The summed E-state index contributed by atoms with van der Waals surface area (Å²) in [7, 11) is 0. The largest absolute Gasteiger partial charge is 0.364 e. The molecule has 90 valence electrons. The number of hydrogen-bond acceptors (Lipinski definition) is 4. The first-order chi connectivity index (χ1) is 8.00. The zero-order valence-corrected chi connectivity index (χ0v) is 9.81. The number of nitrogens with two attached hydrogens (primary N) is 1. The maximum Gasteiger partial charge on any atom is 0.275 e. The third-order valence-corrected chi connectivity index (χ3v) is 2.22. The number of nitrogens with zero attached hydrogens (tertiary/aromatic N) is 3. The Morgan fingerprint density at radius 3 is 2.59 bits per heavy atom. The molecular weight excluding hydrogens is 269 g/mol. The minimum absolute atomic E-state index is 0.386. The second-order valence-corrected chi connectivity index (χ2v) is 3.55. The van der Waals surface area contributed by atoms with E-state index in [1.54, 1.807) is 23.6 Å². The molecule has 3 N–H and O–H groups in total. The molecule has 0 aliphatic rings. The van der Waals surface area contributed by atoms with E-state index in [1.807, 2.05) is 0 Å². The highest BCUT2D eigenvalue weighted by atomic mass is 35.5. The first-order valence-electron chi connectivity index (χ1n) is 4.22. The molecule has 0 fully saturated rings. The molecule has 1 rings (SSSR count). The van der Waals surface area contributed by atoms with Gasteiger partial charge in [0.25, 0.3) is 5.96 Å². The predicted molar refractivity (Wildman–Crippen MR) is 65.8 cm³/mol. The molecule has 0 atom stereocenters. The summed E-state index contributed by atoms with van der Waals surface area (Å²) in [6.07, 6.45) is 1.25. The lowest BCUT2D eigenvalue weighted by Gasteiger charge is -1.98. The van der Waals surface area contributed by atoms with Gasteiger partial charge in [-0.3, -0.25) is 0 Å². The van der Waals surface area contributed by atoms with E-state index in [2.05, 4.69) is 10.2 Å². The Morgan fingerprint density at radius 2 is 2.06 bits per heavy atom. The predicted octanol–water partition coefficient (Wildman–Crippen LogP) is 1.42. The topological polar surface area (TPSA) is 106 Å². The molecule has 1 aromatic carbocycles. The number of benzene rings is 1. The molecule has 0 unspecified atom stereocenters. The highest BCUT2D eigenvalue weighted by Crippen LogP contribution is 2.22. The van der Waals surface area contributed by atoms with Gasteiger partial charge in [0.2, 0.25) is 0 Å². The van der Waals surface area contributed by atoms with Gasteiger partial charge in [0.1, 0.15) is 0 Å². The van der Waals surface area contributed by atoms with Crippen LogP contribution in [0.1, 0.15) is 5.56 Å². The zero-order chi connectivity index (χ0) is 12.8. The minimum Gasteiger partial charge on any atom is -0.364 e. The number of guanidine groups is 1. The van der Waals surface area contributed by atoms with E-state index in [9.17, 15) is 10.1 Å². The summed E-state index contributed by atoms with van der Waals surface area (Å²) in [5, 5.41) is 16.8. The summed E-state index contributed by atoms with van der Waals surface area (Å²) in [5.41, 5.74) is 7.21. The number of rotatable bonds is 3. The monoisotopic (exact) mass is 275 g/mol. The molecule has 0 radical (unpaired) electrons. The van der Waals surface area contributed by atoms with Crippen LogP contribution in [0.3, 0.4) is 0 Å². The molecule has 0 aromatic heterocycles. The summed E-state index contributed by atoms with van der Waals surface area (Å²) < 4.78 is 0. The molecule has 0 saturated carbocycles. The lowest BCUT2D eigenvalue weighted by Crippen LogP contribution is -2.35. The minimum atomic E-state index is -0.850. The standard InChI is InChI=1S/C8H7Cl2N5O2/c9-6-2-1-3-7(10)5(6)4-12-13-8(11)14-15(16)17/h1-4H,(H3,11,13,14)/b12-4-. The molecule has 7 nitrogen and oxygen atoms in total. The Morgan fingerprint density at radius 1 is 1.47 bits per heavy atom. The first kappa shape index (κ1) is 13.2. The number of nitrogens with one attached hydrogen (secondary N) is 1. The number of hydrogen-bond donors (Lipinski definition) is 2. The number of hydrazine groups is 1. The molecular formula is C8H7Cl2N5O2. The lowest BCUT2D eigenvalue weighted by molar-refractivity contribution is -0.525. The van der Waals surface area contributed by atoms with Crippen LogP contribution in [0.15, 0.2) is 28.4 Å². The van der Waals surface area contributed by atoms with Crippen molar-refractivity contribution >= 4 is 35.4 Å². The Bertz CT molecular complexity index is 469. The van der Waals surface area contributed by atoms with Gasteiger partial charge in [-0.1, -0.05) is 34.7 Å². The quantitative estimate of drug-likeness (QED) is 0.377. The molecule has 0 amide bonds. The fraction of sp³-hybridized carbons (Fsp3) is 0. The van der Waals surface area contributed by atoms with Gasteiger partial charge in [-0.25, -0.2) is 10.1 Å². The maximum absolute atomic E-state index is 9.99. The van der Waals surface area contributed by atoms with E-state index in [-0.39, 0.29) is 0 Å². The molecule has 0 aliphatic heterocycles. The van der Waals surface area contributed by atoms with Gasteiger partial charge in [-0.2, -0.15) is 5.10 Å². The molecule has 0 saturated heterocycles. The lowest BCUT2D eigenvalue weighted by atomic mass is 10.2. The second kappa shape index (κ2) is 6.02. The fourth-order valence-electron chi connectivity index (χ4n) is 0.899. The van der Waals surface area contributed by atoms with Crippen molar-refractivity contribution in [3.8, 4) is 0 Å². The van der Waals surface area contributed by atoms with Gasteiger partial charge < -0.3 is 5.73 Å². The van der Waals surface area contributed by atoms with Crippen LogP contribution in [-0.2, 0) is 0 Å². The van der Waals surface area contributed by atoms with E-state index >= 15 is 0 Å². The summed E-state index contributed by atoms with van der Waals surface area (Å²) >= 11 is 11.7. The SMILES string of the molecule is NC(=N/N=C\c1c(Cl)cccc1Cl)N[N+](=O)[O-]. The molecule has 0 aliphatic carbocycles. The Balaban J connectivity index is 2.81. The second-order valence-electron chi connectivity index (χ2n) is 2.73. The van der Waals surface area contributed by atoms with Gasteiger partial charge in [0.05, 0.1) is 16.3 Å². The van der Waals surface area contributed by atoms with E-state index in [1.165, 1.54) is 6.21 Å². The smallest absolute Gasteiger partial charge is 0.275 e. The number of nitro groups is 1. The third-order valence-electron chi connectivity index (χ3n) is 1.56. The molecule has 9 heteroatoms. The van der Waals surface area contributed by atoms with Crippen molar-refractivity contribution in [1.29, 1.82) is 0 Å². The van der Waals surface area contributed by atoms with E-state index in [0.29, 0.717) is 15.6 Å². The Kier molecular flexibility index (Phi) is 4.68. The summed E-state index contributed by atoms with van der Waals surface area (Å²) in [6.45, 7) is 0. The van der Waals surface area contributed by atoms with Crippen LogP contribution in [0.4, 0.5) is 0 Å². The molecule has 0 heterocycles. The first-order valence-corrected chi connectivity index (χ1v) is 4.98. The van der Waals surface area contributed by atoms with Crippen molar-refractivity contribution in [1.82, 2.24) is 5.43 Å². The maximum atomic E-state index is 9.99. The summed E-state index contributed by atoms with van der Waals surface area (Å²) in [4.78, 5) is 9.99. The average Bonchev–Trinajstić information content (AvgIpc) is 2.21. The third kappa shape index (κ3) is 4.25. The molecule has 17 heavy (non-hydrogen) atoms. The van der Waals surface area contributed by atoms with Crippen LogP contribution in [0.2, 0.25) is 10.0 Å². The van der Waals surface area contributed by atoms with Gasteiger partial charge in [0, 0.05) is 5.56 Å². The Labute approximate surface area is 106 Å². The van der Waals surface area contributed by atoms with Crippen molar-refractivity contribution in [3.05, 3.63) is 43.9 Å². The van der Waals surface area contributed by atoms with Gasteiger partial charge in [-0.05, 0) is 12.1 Å². The highest BCUT2D eigenvalue weighted by molar-refractivity contribution is 6.38. The van der Waals surface area contributed by atoms with Crippen LogP contribution < -0.4 is 11.2 Å². The van der Waals surface area contributed by atoms with Crippen molar-refractivity contribution in [2.24, 2.45) is 15.9 Å². The van der Waals surface area contributed by atoms with Crippen molar-refractivity contribution in [2.75, 3.05) is 0 Å². The number of halogens is 2. The fourth-order valence-corrected chi connectivity index (χ4v) is 1.39. The zero-order valence-electron chi connectivity index (χ0n) is 8.30. The van der Waals surface area contributed by atoms with Crippen LogP contribution in [0.5, 0.6) is 0 Å². The van der Waals surface area contributed by atoms with E-state index in [0.717, 1.165) is 0 Å². The van der Waals surface area contributed by atoms with E-state index in [4.69, 9.17) is 28.9 Å². The van der Waals surface area contributed by atoms with Crippen LogP contribution in [0.25, 0.3) is 0 Å². The van der Waals surface area contributed by atoms with E-state index < -0.39 is 11.0 Å².